The van der Waals surface area contributed by atoms with E-state index in [4.69, 9.17) is 5.11 Å². The van der Waals surface area contributed by atoms with Crippen LogP contribution in [0.3, 0.4) is 0 Å². The Labute approximate surface area is 94.6 Å². The zero-order valence-corrected chi connectivity index (χ0v) is 9.71. The third-order valence-electron chi connectivity index (χ3n) is 3.19. The summed E-state index contributed by atoms with van der Waals surface area (Å²) in [6, 6.07) is 0.752. The van der Waals surface area contributed by atoms with Crippen molar-refractivity contribution < 1.29 is 9.90 Å². The Morgan fingerprint density at radius 3 is 2.60 bits per heavy atom. The fraction of sp³-hybridized carbons (Fsp3) is 0.900. The number of carboxylic acids is 1. The summed E-state index contributed by atoms with van der Waals surface area (Å²) in [5.41, 5.74) is 0. The molecule has 5 heteroatoms. The Bertz CT molecular complexity index is 223. The van der Waals surface area contributed by atoms with E-state index in [9.17, 15) is 4.79 Å². The summed E-state index contributed by atoms with van der Waals surface area (Å²) < 4.78 is 0. The van der Waals surface area contributed by atoms with E-state index in [0.717, 1.165) is 32.2 Å². The number of thioether (sulfide) groups is 1. The average molecular weight is 230 g/mol. The molecule has 1 N–H and O–H groups in total. The lowest BCUT2D eigenvalue weighted by molar-refractivity contribution is -0.138. The highest BCUT2D eigenvalue weighted by Crippen LogP contribution is 2.23. The first kappa shape index (κ1) is 11.2. The van der Waals surface area contributed by atoms with Crippen molar-refractivity contribution in [3.8, 4) is 0 Å². The average Bonchev–Trinajstić information content (AvgIpc) is 2.71. The quantitative estimate of drug-likeness (QED) is 0.750. The minimum atomic E-state index is -0.708. The third-order valence-corrected chi connectivity index (χ3v) is 4.33. The Morgan fingerprint density at radius 2 is 2.07 bits per heavy atom. The van der Waals surface area contributed by atoms with Gasteiger partial charge >= 0.3 is 5.97 Å². The van der Waals surface area contributed by atoms with Gasteiger partial charge in [-0.3, -0.25) is 14.6 Å². The van der Waals surface area contributed by atoms with E-state index in [1.807, 2.05) is 16.7 Å². The maximum absolute atomic E-state index is 10.5. The first-order valence-electron chi connectivity index (χ1n) is 5.51. The van der Waals surface area contributed by atoms with Crippen molar-refractivity contribution in [1.29, 1.82) is 0 Å². The number of hydrogen-bond acceptors (Lipinski definition) is 4. The zero-order valence-electron chi connectivity index (χ0n) is 8.89. The molecule has 2 heterocycles. The lowest BCUT2D eigenvalue weighted by Gasteiger charge is -2.37. The van der Waals surface area contributed by atoms with Crippen LogP contribution >= 0.6 is 11.8 Å². The van der Waals surface area contributed by atoms with Crippen molar-refractivity contribution in [2.45, 2.75) is 12.5 Å². The number of carbonyl (C=O) groups is 1. The van der Waals surface area contributed by atoms with Crippen LogP contribution in [0, 0.1) is 0 Å². The van der Waals surface area contributed by atoms with E-state index < -0.39 is 5.97 Å². The van der Waals surface area contributed by atoms with Crippen molar-refractivity contribution in [1.82, 2.24) is 9.80 Å². The normalized spacial score (nSPS) is 29.5. The number of rotatable bonds is 3. The number of aliphatic carboxylic acids is 1. The summed E-state index contributed by atoms with van der Waals surface area (Å²) in [7, 11) is 0. The molecule has 2 aliphatic rings. The summed E-state index contributed by atoms with van der Waals surface area (Å²) in [6.07, 6.45) is 1.31. The SMILES string of the molecule is O=C(O)CN1CCN(C2CCSC2)CC1. The molecule has 0 aliphatic carbocycles. The van der Waals surface area contributed by atoms with Crippen LogP contribution < -0.4 is 0 Å². The monoisotopic (exact) mass is 230 g/mol. The summed E-state index contributed by atoms with van der Waals surface area (Å²) >= 11 is 2.04. The van der Waals surface area contributed by atoms with Gasteiger partial charge < -0.3 is 5.11 Å². The van der Waals surface area contributed by atoms with Crippen LogP contribution in [0.15, 0.2) is 0 Å². The predicted octanol–water partition coefficient (Wildman–Crippen LogP) is 0.194. The van der Waals surface area contributed by atoms with Crippen LogP contribution in [0.2, 0.25) is 0 Å². The second-order valence-electron chi connectivity index (χ2n) is 4.22. The molecule has 2 fully saturated rings. The first-order valence-corrected chi connectivity index (χ1v) is 6.67. The Hall–Kier alpha value is -0.260. The highest BCUT2D eigenvalue weighted by atomic mass is 32.2. The van der Waals surface area contributed by atoms with Gasteiger partial charge in [0, 0.05) is 38.0 Å². The molecule has 86 valence electrons. The smallest absolute Gasteiger partial charge is 0.317 e. The molecular weight excluding hydrogens is 212 g/mol. The van der Waals surface area contributed by atoms with Crippen molar-refractivity contribution >= 4 is 17.7 Å². The molecule has 0 radical (unpaired) electrons. The topological polar surface area (TPSA) is 43.8 Å². The van der Waals surface area contributed by atoms with Crippen LogP contribution in [0.1, 0.15) is 6.42 Å². The number of carboxylic acid groups (broad SMARTS) is 1. The molecule has 2 aliphatic heterocycles. The summed E-state index contributed by atoms with van der Waals surface area (Å²) in [5.74, 6) is 1.85. The largest absolute Gasteiger partial charge is 0.480 e. The van der Waals surface area contributed by atoms with E-state index in [-0.39, 0.29) is 6.54 Å². The Morgan fingerprint density at radius 1 is 1.33 bits per heavy atom. The summed E-state index contributed by atoms with van der Waals surface area (Å²) in [4.78, 5) is 15.1. The molecule has 2 saturated heterocycles. The van der Waals surface area contributed by atoms with Gasteiger partial charge in [0.15, 0.2) is 0 Å². The van der Waals surface area contributed by atoms with Crippen LogP contribution in [-0.4, -0.2) is 71.1 Å². The van der Waals surface area contributed by atoms with E-state index in [1.165, 1.54) is 17.9 Å². The molecule has 4 nitrogen and oxygen atoms in total. The number of piperazine rings is 1. The van der Waals surface area contributed by atoms with Crippen molar-refractivity contribution in [2.24, 2.45) is 0 Å². The molecule has 15 heavy (non-hydrogen) atoms. The van der Waals surface area contributed by atoms with Crippen LogP contribution in [-0.2, 0) is 4.79 Å². The van der Waals surface area contributed by atoms with Gasteiger partial charge in [0.1, 0.15) is 0 Å². The Kier molecular flexibility index (Phi) is 3.88. The van der Waals surface area contributed by atoms with E-state index >= 15 is 0 Å². The van der Waals surface area contributed by atoms with Crippen LogP contribution in [0.4, 0.5) is 0 Å². The number of nitrogens with zero attached hydrogens (tertiary/aromatic N) is 2. The predicted molar refractivity (Wildman–Crippen MR) is 61.4 cm³/mol. The molecule has 2 rings (SSSR count). The highest BCUT2D eigenvalue weighted by Gasteiger charge is 2.26. The molecular formula is C10H18N2O2S. The van der Waals surface area contributed by atoms with Crippen molar-refractivity contribution in [2.75, 3.05) is 44.2 Å². The zero-order chi connectivity index (χ0) is 10.7. The molecule has 0 amide bonds. The lowest BCUT2D eigenvalue weighted by Crippen LogP contribution is -2.51. The summed E-state index contributed by atoms with van der Waals surface area (Å²) in [5, 5.41) is 8.68. The second kappa shape index (κ2) is 5.18. The van der Waals surface area contributed by atoms with Crippen LogP contribution in [0.5, 0.6) is 0 Å². The minimum Gasteiger partial charge on any atom is -0.480 e. The maximum atomic E-state index is 10.5. The van der Waals surface area contributed by atoms with Gasteiger partial charge in [-0.2, -0.15) is 11.8 Å². The van der Waals surface area contributed by atoms with E-state index in [0.29, 0.717) is 0 Å². The van der Waals surface area contributed by atoms with E-state index in [2.05, 4.69) is 4.90 Å². The minimum absolute atomic E-state index is 0.202. The molecule has 0 spiro atoms. The van der Waals surface area contributed by atoms with Gasteiger partial charge in [0.05, 0.1) is 6.54 Å². The van der Waals surface area contributed by atoms with Gasteiger partial charge in [-0.05, 0) is 12.2 Å². The van der Waals surface area contributed by atoms with Gasteiger partial charge in [0.2, 0.25) is 0 Å². The third kappa shape index (κ3) is 3.09. The van der Waals surface area contributed by atoms with Crippen molar-refractivity contribution in [3.05, 3.63) is 0 Å². The van der Waals surface area contributed by atoms with Gasteiger partial charge in [-0.1, -0.05) is 0 Å². The fourth-order valence-corrected chi connectivity index (χ4v) is 3.54. The standard InChI is InChI=1S/C10H18N2O2S/c13-10(14)7-11-2-4-12(5-3-11)9-1-6-15-8-9/h9H,1-8H2,(H,13,14). The molecule has 1 atom stereocenters. The molecule has 0 bridgehead atoms. The van der Waals surface area contributed by atoms with Gasteiger partial charge in [-0.15, -0.1) is 0 Å². The van der Waals surface area contributed by atoms with Gasteiger partial charge in [-0.25, -0.2) is 0 Å². The first-order chi connectivity index (χ1) is 7.25. The fourth-order valence-electron chi connectivity index (χ4n) is 2.29. The molecule has 0 saturated carbocycles. The number of hydrogen-bond donors (Lipinski definition) is 1. The maximum Gasteiger partial charge on any atom is 0.317 e. The highest BCUT2D eigenvalue weighted by molar-refractivity contribution is 7.99. The van der Waals surface area contributed by atoms with E-state index in [1.54, 1.807) is 0 Å². The molecule has 1 unspecified atom stereocenters. The Balaban J connectivity index is 1.73. The summed E-state index contributed by atoms with van der Waals surface area (Å²) in [6.45, 7) is 4.10. The second-order valence-corrected chi connectivity index (χ2v) is 5.37. The van der Waals surface area contributed by atoms with Crippen LogP contribution in [0.25, 0.3) is 0 Å². The lowest BCUT2D eigenvalue weighted by atomic mass is 10.2. The van der Waals surface area contributed by atoms with Crippen molar-refractivity contribution in [3.63, 3.8) is 0 Å². The molecule has 0 aromatic rings. The molecule has 0 aromatic heterocycles. The molecule has 0 aromatic carbocycles. The van der Waals surface area contributed by atoms with Gasteiger partial charge in [0.25, 0.3) is 0 Å².